The van der Waals surface area contributed by atoms with Gasteiger partial charge < -0.3 is 4.74 Å². The third-order valence-corrected chi connectivity index (χ3v) is 3.25. The van der Waals surface area contributed by atoms with Crippen LogP contribution >= 0.6 is 0 Å². The molecule has 0 amide bonds. The smallest absolute Gasteiger partial charge is 0.359 e. The highest BCUT2D eigenvalue weighted by atomic mass is 32.2. The summed E-state index contributed by atoms with van der Waals surface area (Å²) in [4.78, 5) is 11.6. The van der Waals surface area contributed by atoms with Crippen molar-refractivity contribution in [2.24, 2.45) is 0 Å². The van der Waals surface area contributed by atoms with Crippen LogP contribution in [0.15, 0.2) is 11.5 Å². The van der Waals surface area contributed by atoms with E-state index in [1.807, 2.05) is 0 Å². The number of nitrogens with one attached hydrogen (secondary N) is 1. The molecule has 0 aromatic heterocycles. The molecule has 0 heterocycles. The van der Waals surface area contributed by atoms with Crippen LogP contribution in [-0.2, 0) is 19.8 Å². The van der Waals surface area contributed by atoms with E-state index >= 15 is 0 Å². The minimum atomic E-state index is -4.74. The van der Waals surface area contributed by atoms with Gasteiger partial charge in [-0.3, -0.25) is 4.55 Å². The van der Waals surface area contributed by atoms with E-state index in [2.05, 4.69) is 6.92 Å². The lowest BCUT2D eigenvalue weighted by Crippen LogP contribution is -2.23. The molecule has 2 N–H and O–H groups in total. The van der Waals surface area contributed by atoms with E-state index < -0.39 is 27.8 Å². The summed E-state index contributed by atoms with van der Waals surface area (Å²) in [5, 5.41) is 0. The number of rotatable bonds is 11. The molecule has 0 atom stereocenters. The molecule has 0 bridgehead atoms. The molecule has 0 unspecified atom stereocenters. The molecule has 21 heavy (non-hydrogen) atoms. The normalized spacial score (nSPS) is 12.8. The largest absolute Gasteiger partial charge is 0.462 e. The maximum absolute atomic E-state index is 13.5. The van der Waals surface area contributed by atoms with Gasteiger partial charge in [-0.05, 0) is 12.8 Å². The van der Waals surface area contributed by atoms with Crippen LogP contribution in [0.3, 0.4) is 0 Å². The van der Waals surface area contributed by atoms with E-state index in [0.29, 0.717) is 6.42 Å². The van der Waals surface area contributed by atoms with Crippen molar-refractivity contribution in [1.29, 1.82) is 0 Å². The molecule has 0 radical (unpaired) electrons. The Labute approximate surface area is 125 Å². The summed E-state index contributed by atoms with van der Waals surface area (Å²) < 4.78 is 49.0. The summed E-state index contributed by atoms with van der Waals surface area (Å²) in [7, 11) is -4.74. The number of carbonyl (C=O) groups excluding carboxylic acids is 1. The van der Waals surface area contributed by atoms with Gasteiger partial charge in [-0.1, -0.05) is 46.0 Å². The zero-order chi connectivity index (χ0) is 16.3. The topological polar surface area (TPSA) is 92.7 Å². The van der Waals surface area contributed by atoms with Gasteiger partial charge in [-0.2, -0.15) is 12.8 Å². The molecule has 0 aliphatic rings. The molecule has 0 fully saturated rings. The third kappa shape index (κ3) is 10.3. The van der Waals surface area contributed by atoms with Crippen LogP contribution in [0.5, 0.6) is 0 Å². The minimum absolute atomic E-state index is 0.0519. The van der Waals surface area contributed by atoms with Gasteiger partial charge in [0, 0.05) is 0 Å². The van der Waals surface area contributed by atoms with Crippen molar-refractivity contribution in [3.8, 4) is 0 Å². The van der Waals surface area contributed by atoms with Gasteiger partial charge in [0.05, 0.1) is 12.2 Å². The Morgan fingerprint density at radius 3 is 2.24 bits per heavy atom. The van der Waals surface area contributed by atoms with Crippen LogP contribution in [0, 0.1) is 0 Å². The minimum Gasteiger partial charge on any atom is -0.462 e. The number of ether oxygens (including phenoxy) is 1. The fourth-order valence-corrected chi connectivity index (χ4v) is 2.05. The third-order valence-electron chi connectivity index (χ3n) is 2.81. The maximum atomic E-state index is 13.5. The first-order valence-corrected chi connectivity index (χ1v) is 8.56. The summed E-state index contributed by atoms with van der Waals surface area (Å²) in [6.07, 6.45) is 6.07. The van der Waals surface area contributed by atoms with Crippen molar-refractivity contribution in [3.05, 3.63) is 11.5 Å². The van der Waals surface area contributed by atoms with E-state index in [0.717, 1.165) is 25.7 Å². The molecule has 8 heteroatoms. The van der Waals surface area contributed by atoms with Crippen molar-refractivity contribution in [1.82, 2.24) is 4.72 Å². The Hall–Kier alpha value is -1.15. The van der Waals surface area contributed by atoms with Gasteiger partial charge in [0.1, 0.15) is 0 Å². The molecule has 0 aliphatic heterocycles. The summed E-state index contributed by atoms with van der Waals surface area (Å²) in [5.74, 6) is -2.33. The van der Waals surface area contributed by atoms with Crippen molar-refractivity contribution >= 4 is 16.3 Å². The zero-order valence-corrected chi connectivity index (χ0v) is 13.3. The van der Waals surface area contributed by atoms with Crippen LogP contribution in [0.1, 0.15) is 58.8 Å². The second-order valence-corrected chi connectivity index (χ2v) is 5.78. The van der Waals surface area contributed by atoms with Gasteiger partial charge in [-0.15, -0.1) is 0 Å². The highest BCUT2D eigenvalue weighted by molar-refractivity contribution is 7.83. The quantitative estimate of drug-likeness (QED) is 0.200. The Balaban J connectivity index is 4.20. The second-order valence-electron chi connectivity index (χ2n) is 4.63. The molecule has 0 rings (SSSR count). The van der Waals surface area contributed by atoms with Gasteiger partial charge in [0.2, 0.25) is 5.95 Å². The first-order valence-electron chi connectivity index (χ1n) is 7.12. The predicted octanol–water partition coefficient (Wildman–Crippen LogP) is 2.87. The number of halogens is 1. The van der Waals surface area contributed by atoms with Gasteiger partial charge >= 0.3 is 16.3 Å². The number of carbonyl (C=O) groups is 1. The molecule has 0 aliphatic carbocycles. The van der Waals surface area contributed by atoms with Crippen molar-refractivity contribution in [2.75, 3.05) is 6.61 Å². The Morgan fingerprint density at radius 2 is 1.71 bits per heavy atom. The molecule has 0 saturated carbocycles. The molecule has 0 aromatic rings. The fraction of sp³-hybridized carbons (Fsp3) is 0.769. The Kier molecular flexibility index (Phi) is 9.98. The zero-order valence-electron chi connectivity index (χ0n) is 12.5. The van der Waals surface area contributed by atoms with Crippen LogP contribution in [0.4, 0.5) is 4.39 Å². The highest BCUT2D eigenvalue weighted by Gasteiger charge is 2.18. The molecule has 0 saturated heterocycles. The lowest BCUT2D eigenvalue weighted by Gasteiger charge is -2.08. The number of unbranched alkanes of at least 4 members (excludes halogenated alkanes) is 5. The molecule has 6 nitrogen and oxygen atoms in total. The fourth-order valence-electron chi connectivity index (χ4n) is 1.70. The lowest BCUT2D eigenvalue weighted by molar-refractivity contribution is -0.139. The molecule has 0 aromatic carbocycles. The van der Waals surface area contributed by atoms with E-state index in [4.69, 9.17) is 9.29 Å². The highest BCUT2D eigenvalue weighted by Crippen LogP contribution is 2.12. The first kappa shape index (κ1) is 19.9. The van der Waals surface area contributed by atoms with E-state index in [-0.39, 0.29) is 13.0 Å². The number of esters is 1. The van der Waals surface area contributed by atoms with Crippen molar-refractivity contribution in [3.63, 3.8) is 0 Å². The van der Waals surface area contributed by atoms with Crippen molar-refractivity contribution < 1.29 is 26.9 Å². The SMILES string of the molecule is CCCCCCCCOC(=O)C(CC)=C(F)NS(=O)(=O)O. The van der Waals surface area contributed by atoms with E-state index in [9.17, 15) is 17.6 Å². The van der Waals surface area contributed by atoms with E-state index in [1.165, 1.54) is 18.1 Å². The summed E-state index contributed by atoms with van der Waals surface area (Å²) >= 11 is 0. The Morgan fingerprint density at radius 1 is 1.14 bits per heavy atom. The van der Waals surface area contributed by atoms with Crippen LogP contribution in [-0.4, -0.2) is 25.5 Å². The molecular formula is C13H24FNO5S. The summed E-state index contributed by atoms with van der Waals surface area (Å²) in [5.41, 5.74) is -0.446. The average Bonchev–Trinajstić information content (AvgIpc) is 2.36. The van der Waals surface area contributed by atoms with Crippen LogP contribution in [0.2, 0.25) is 0 Å². The van der Waals surface area contributed by atoms with Gasteiger partial charge in [0.25, 0.3) is 0 Å². The van der Waals surface area contributed by atoms with Gasteiger partial charge in [0.15, 0.2) is 0 Å². The van der Waals surface area contributed by atoms with Crippen molar-refractivity contribution in [2.45, 2.75) is 58.8 Å². The molecular weight excluding hydrogens is 301 g/mol. The summed E-state index contributed by atoms with van der Waals surface area (Å²) in [6, 6.07) is 0. The predicted molar refractivity (Wildman–Crippen MR) is 77.4 cm³/mol. The maximum Gasteiger partial charge on any atom is 0.359 e. The number of hydrogen-bond acceptors (Lipinski definition) is 4. The average molecular weight is 325 g/mol. The summed E-state index contributed by atoms with van der Waals surface area (Å²) in [6.45, 7) is 3.76. The van der Waals surface area contributed by atoms with Crippen LogP contribution in [0.25, 0.3) is 0 Å². The first-order chi connectivity index (χ1) is 9.81. The number of hydrogen-bond donors (Lipinski definition) is 2. The molecule has 0 spiro atoms. The lowest BCUT2D eigenvalue weighted by atomic mass is 10.1. The second kappa shape index (κ2) is 10.6. The van der Waals surface area contributed by atoms with Gasteiger partial charge in [-0.25, -0.2) is 9.52 Å². The monoisotopic (exact) mass is 325 g/mol. The standard InChI is InChI=1S/C13H24FNO5S/c1-3-5-6-7-8-9-10-20-13(16)11(4-2)12(14)15-21(17,18)19/h15H,3-10H2,1-2H3,(H,17,18,19). The van der Waals surface area contributed by atoms with Crippen LogP contribution < -0.4 is 4.72 Å². The Bertz CT molecular complexity index is 447. The van der Waals surface area contributed by atoms with E-state index in [1.54, 1.807) is 0 Å². The molecule has 124 valence electrons.